The van der Waals surface area contributed by atoms with Crippen LogP contribution in [0.2, 0.25) is 0 Å². The molecule has 1 heterocycles. The molecule has 0 aliphatic heterocycles. The molecule has 1 aromatic heterocycles. The van der Waals surface area contributed by atoms with Crippen molar-refractivity contribution in [1.82, 2.24) is 9.78 Å². The van der Waals surface area contributed by atoms with E-state index in [4.69, 9.17) is 5.11 Å². The van der Waals surface area contributed by atoms with Crippen molar-refractivity contribution >= 4 is 5.97 Å². The Morgan fingerprint density at radius 3 is 2.40 bits per heavy atom. The van der Waals surface area contributed by atoms with Gasteiger partial charge in [0.05, 0.1) is 5.69 Å². The summed E-state index contributed by atoms with van der Waals surface area (Å²) in [6.45, 7) is 6.24. The molecule has 2 aromatic rings. The fourth-order valence-corrected chi connectivity index (χ4v) is 2.03. The van der Waals surface area contributed by atoms with Crippen LogP contribution in [0.3, 0.4) is 0 Å². The van der Waals surface area contributed by atoms with Gasteiger partial charge in [0.2, 0.25) is 0 Å². The molecule has 0 radical (unpaired) electrons. The topological polar surface area (TPSA) is 75.4 Å². The zero-order valence-corrected chi connectivity index (χ0v) is 12.0. The van der Waals surface area contributed by atoms with Gasteiger partial charge in [-0.25, -0.2) is 4.79 Å². The molecule has 0 atom stereocenters. The number of aryl methyl sites for hydroxylation is 1. The number of aromatic nitrogens is 2. The second-order valence-electron chi connectivity index (χ2n) is 5.83. The summed E-state index contributed by atoms with van der Waals surface area (Å²) in [5.74, 6) is -0.976. The van der Waals surface area contributed by atoms with Crippen molar-refractivity contribution in [3.05, 3.63) is 35.5 Å². The number of carbonyl (C=O) groups is 1. The molecular formula is C15H18N2O3. The molecule has 0 spiro atoms. The van der Waals surface area contributed by atoms with Crippen molar-refractivity contribution in [1.29, 1.82) is 0 Å². The van der Waals surface area contributed by atoms with Gasteiger partial charge in [0.25, 0.3) is 0 Å². The zero-order chi connectivity index (χ0) is 15.1. The third-order valence-corrected chi connectivity index (χ3v) is 3.24. The van der Waals surface area contributed by atoms with Crippen LogP contribution < -0.4 is 0 Å². The Morgan fingerprint density at radius 2 is 1.90 bits per heavy atom. The fraction of sp³-hybridized carbons (Fsp3) is 0.333. The van der Waals surface area contributed by atoms with E-state index in [9.17, 15) is 9.90 Å². The van der Waals surface area contributed by atoms with Gasteiger partial charge < -0.3 is 10.2 Å². The minimum atomic E-state index is -1.08. The first-order valence-corrected chi connectivity index (χ1v) is 6.31. The first kappa shape index (κ1) is 14.1. The number of carboxylic acids is 1. The molecule has 0 unspecified atom stereocenters. The highest BCUT2D eigenvalue weighted by Crippen LogP contribution is 2.34. The SMILES string of the molecule is Cn1nc(C(=O)O)cc1-c1cc(C(C)(C)C)ccc1O. The van der Waals surface area contributed by atoms with Crippen molar-refractivity contribution in [3.8, 4) is 17.0 Å². The van der Waals surface area contributed by atoms with Crippen LogP contribution in [0, 0.1) is 0 Å². The first-order valence-electron chi connectivity index (χ1n) is 6.31. The Morgan fingerprint density at radius 1 is 1.25 bits per heavy atom. The molecule has 0 fully saturated rings. The van der Waals surface area contributed by atoms with Crippen molar-refractivity contribution in [2.75, 3.05) is 0 Å². The van der Waals surface area contributed by atoms with Gasteiger partial charge in [0.15, 0.2) is 5.69 Å². The van der Waals surface area contributed by atoms with E-state index in [1.165, 1.54) is 10.7 Å². The molecule has 5 heteroatoms. The third-order valence-electron chi connectivity index (χ3n) is 3.24. The van der Waals surface area contributed by atoms with E-state index in [1.54, 1.807) is 13.1 Å². The molecule has 0 saturated heterocycles. The van der Waals surface area contributed by atoms with Gasteiger partial charge in [-0.3, -0.25) is 4.68 Å². The van der Waals surface area contributed by atoms with Crippen molar-refractivity contribution in [2.24, 2.45) is 7.05 Å². The summed E-state index contributed by atoms with van der Waals surface area (Å²) in [5, 5.41) is 22.9. The molecule has 5 nitrogen and oxygen atoms in total. The number of phenolic OH excluding ortho intramolecular Hbond substituents is 1. The average Bonchev–Trinajstić information content (AvgIpc) is 2.70. The minimum Gasteiger partial charge on any atom is -0.507 e. The van der Waals surface area contributed by atoms with E-state index in [1.807, 2.05) is 12.1 Å². The maximum Gasteiger partial charge on any atom is 0.356 e. The second kappa shape index (κ2) is 4.67. The van der Waals surface area contributed by atoms with Gasteiger partial charge in [-0.1, -0.05) is 26.8 Å². The number of phenols is 1. The van der Waals surface area contributed by atoms with E-state index in [0.717, 1.165) is 5.56 Å². The highest BCUT2D eigenvalue weighted by Gasteiger charge is 2.19. The normalized spacial score (nSPS) is 11.6. The van der Waals surface area contributed by atoms with Gasteiger partial charge in [-0.2, -0.15) is 5.10 Å². The summed E-state index contributed by atoms with van der Waals surface area (Å²) in [7, 11) is 1.66. The Kier molecular flexibility index (Phi) is 3.29. The van der Waals surface area contributed by atoms with Crippen LogP contribution in [0.15, 0.2) is 24.3 Å². The number of hydrogen-bond donors (Lipinski definition) is 2. The Labute approximate surface area is 117 Å². The van der Waals surface area contributed by atoms with Crippen LogP contribution in [0.5, 0.6) is 5.75 Å². The Hall–Kier alpha value is -2.30. The van der Waals surface area contributed by atoms with Crippen LogP contribution in [0.25, 0.3) is 11.3 Å². The summed E-state index contributed by atoms with van der Waals surface area (Å²) in [6, 6.07) is 6.83. The summed E-state index contributed by atoms with van der Waals surface area (Å²) >= 11 is 0. The molecule has 106 valence electrons. The fourth-order valence-electron chi connectivity index (χ4n) is 2.03. The molecule has 1 aromatic carbocycles. The molecule has 0 bridgehead atoms. The minimum absolute atomic E-state index is 0.0388. The number of rotatable bonds is 2. The summed E-state index contributed by atoms with van der Waals surface area (Å²) in [4.78, 5) is 11.0. The number of aromatic hydroxyl groups is 1. The van der Waals surface area contributed by atoms with E-state index >= 15 is 0 Å². The van der Waals surface area contributed by atoms with Gasteiger partial charge >= 0.3 is 5.97 Å². The molecule has 0 amide bonds. The molecule has 0 saturated carbocycles. The van der Waals surface area contributed by atoms with Crippen molar-refractivity contribution in [3.63, 3.8) is 0 Å². The van der Waals surface area contributed by atoms with Gasteiger partial charge in [-0.05, 0) is 29.2 Å². The number of benzene rings is 1. The van der Waals surface area contributed by atoms with Crippen LogP contribution in [0.4, 0.5) is 0 Å². The lowest BCUT2D eigenvalue weighted by molar-refractivity contribution is 0.0689. The lowest BCUT2D eigenvalue weighted by atomic mass is 9.85. The van der Waals surface area contributed by atoms with E-state index < -0.39 is 5.97 Å². The highest BCUT2D eigenvalue weighted by molar-refractivity contribution is 5.87. The Balaban J connectivity index is 2.60. The molecule has 0 aliphatic carbocycles. The van der Waals surface area contributed by atoms with Crippen LogP contribution in [-0.4, -0.2) is 26.0 Å². The zero-order valence-electron chi connectivity index (χ0n) is 12.0. The molecule has 2 rings (SSSR count). The second-order valence-corrected chi connectivity index (χ2v) is 5.83. The van der Waals surface area contributed by atoms with E-state index in [0.29, 0.717) is 11.3 Å². The standard InChI is InChI=1S/C15H18N2O3/c1-15(2,3)9-5-6-13(18)10(7-9)12-8-11(14(19)20)16-17(12)4/h5-8,18H,1-4H3,(H,19,20). The van der Waals surface area contributed by atoms with Gasteiger partial charge in [0.1, 0.15) is 5.75 Å². The smallest absolute Gasteiger partial charge is 0.356 e. The van der Waals surface area contributed by atoms with E-state index in [-0.39, 0.29) is 16.9 Å². The van der Waals surface area contributed by atoms with E-state index in [2.05, 4.69) is 25.9 Å². The summed E-state index contributed by atoms with van der Waals surface area (Å²) in [6.07, 6.45) is 0. The van der Waals surface area contributed by atoms with Crippen LogP contribution in [-0.2, 0) is 12.5 Å². The van der Waals surface area contributed by atoms with Crippen molar-refractivity contribution in [2.45, 2.75) is 26.2 Å². The lowest BCUT2D eigenvalue weighted by Gasteiger charge is -2.20. The highest BCUT2D eigenvalue weighted by atomic mass is 16.4. The molecule has 0 aliphatic rings. The molecule has 20 heavy (non-hydrogen) atoms. The summed E-state index contributed by atoms with van der Waals surface area (Å²) in [5.41, 5.74) is 2.12. The molecular weight excluding hydrogens is 256 g/mol. The number of hydrogen-bond acceptors (Lipinski definition) is 3. The third kappa shape index (κ3) is 2.52. The van der Waals surface area contributed by atoms with Crippen LogP contribution in [0.1, 0.15) is 36.8 Å². The molecule has 2 N–H and O–H groups in total. The largest absolute Gasteiger partial charge is 0.507 e. The summed E-state index contributed by atoms with van der Waals surface area (Å²) < 4.78 is 1.46. The average molecular weight is 274 g/mol. The number of carboxylic acid groups (broad SMARTS) is 1. The van der Waals surface area contributed by atoms with Gasteiger partial charge in [0, 0.05) is 12.6 Å². The quantitative estimate of drug-likeness (QED) is 0.883. The van der Waals surface area contributed by atoms with Crippen LogP contribution >= 0.6 is 0 Å². The van der Waals surface area contributed by atoms with Gasteiger partial charge in [-0.15, -0.1) is 0 Å². The maximum absolute atomic E-state index is 11.0. The maximum atomic E-state index is 11.0. The monoisotopic (exact) mass is 274 g/mol. The predicted molar refractivity (Wildman–Crippen MR) is 76.0 cm³/mol. The Bertz CT molecular complexity index is 666. The van der Waals surface area contributed by atoms with Crippen molar-refractivity contribution < 1.29 is 15.0 Å². The lowest BCUT2D eigenvalue weighted by Crippen LogP contribution is -2.11. The first-order chi connectivity index (χ1) is 9.20. The number of aromatic carboxylic acids is 1. The number of nitrogens with zero attached hydrogens (tertiary/aromatic N) is 2. The predicted octanol–water partition coefficient (Wildman–Crippen LogP) is 2.79.